The van der Waals surface area contributed by atoms with Crippen molar-refractivity contribution in [2.45, 2.75) is 117 Å². The summed E-state index contributed by atoms with van der Waals surface area (Å²) in [6.45, 7) is 12.9. The van der Waals surface area contributed by atoms with Crippen LogP contribution in [-0.2, 0) is 22.4 Å². The summed E-state index contributed by atoms with van der Waals surface area (Å²) in [6, 6.07) is 7.72. The number of H-pyrrole nitrogens is 1. The Morgan fingerprint density at radius 2 is 1.48 bits per heavy atom. The average molecular weight is 603 g/mol. The first kappa shape index (κ1) is 31.3. The third kappa shape index (κ3) is 6.64. The van der Waals surface area contributed by atoms with E-state index in [-0.39, 0.29) is 17.4 Å². The minimum atomic E-state index is -0.374. The van der Waals surface area contributed by atoms with E-state index >= 15 is 0 Å². The number of aromatic amines is 1. The molecule has 4 aliphatic heterocycles. The predicted octanol–water partition coefficient (Wildman–Crippen LogP) is 5.65. The van der Waals surface area contributed by atoms with Crippen molar-refractivity contribution < 1.29 is 14.7 Å². The van der Waals surface area contributed by atoms with E-state index in [2.05, 4.69) is 66.9 Å². The van der Waals surface area contributed by atoms with Gasteiger partial charge in [0.1, 0.15) is 0 Å². The molecule has 0 spiro atoms. The van der Waals surface area contributed by atoms with Crippen molar-refractivity contribution in [3.05, 3.63) is 46.6 Å². The second-order valence-electron chi connectivity index (χ2n) is 15.0. The van der Waals surface area contributed by atoms with E-state index in [1.807, 2.05) is 4.90 Å². The number of amides is 2. The summed E-state index contributed by atoms with van der Waals surface area (Å²) in [6.07, 6.45) is 12.6. The van der Waals surface area contributed by atoms with Crippen molar-refractivity contribution in [3.8, 4) is 11.3 Å². The molecule has 4 saturated heterocycles. The van der Waals surface area contributed by atoms with E-state index in [1.54, 1.807) is 0 Å². The van der Waals surface area contributed by atoms with E-state index in [1.165, 1.54) is 59.2 Å². The van der Waals surface area contributed by atoms with Gasteiger partial charge in [0.2, 0.25) is 11.8 Å². The molecular formula is C37H54N4O3. The van der Waals surface area contributed by atoms with Crippen LogP contribution in [0.2, 0.25) is 0 Å². The molecule has 2 aromatic rings. The van der Waals surface area contributed by atoms with Crippen LogP contribution in [-0.4, -0.2) is 87.5 Å². The van der Waals surface area contributed by atoms with Gasteiger partial charge in [-0.2, -0.15) is 0 Å². The summed E-state index contributed by atoms with van der Waals surface area (Å²) in [7, 11) is 0. The zero-order valence-electron chi connectivity index (χ0n) is 27.5. The van der Waals surface area contributed by atoms with Crippen LogP contribution in [0.4, 0.5) is 0 Å². The van der Waals surface area contributed by atoms with Crippen molar-refractivity contribution in [2.24, 2.45) is 11.3 Å². The number of nitrogens with one attached hydrogen (secondary N) is 1. The minimum absolute atomic E-state index is 0.112. The molecule has 4 fully saturated rings. The standard InChI is InChI=1S/C37H54N4O3/c1-25-21-26(2)23-29(22-25)34-33(14-18-39-16-10-27(11-17-39)35(43)40-19-12-32(42)13-20-40)28(24-38-34)9-15-37(3,4)36(44)41-30-5-6-31(41)8-7-30/h21-24,27,30-32,38,42H,5-20H2,1-4H3. The number of aromatic nitrogens is 1. The third-order valence-corrected chi connectivity index (χ3v) is 11.3. The molecule has 44 heavy (non-hydrogen) atoms. The Morgan fingerprint density at radius 1 is 0.864 bits per heavy atom. The summed E-state index contributed by atoms with van der Waals surface area (Å²) < 4.78 is 0. The molecule has 240 valence electrons. The van der Waals surface area contributed by atoms with Gasteiger partial charge in [0.25, 0.3) is 0 Å². The maximum absolute atomic E-state index is 13.7. The van der Waals surface area contributed by atoms with Gasteiger partial charge >= 0.3 is 0 Å². The first-order valence-electron chi connectivity index (χ1n) is 17.4. The summed E-state index contributed by atoms with van der Waals surface area (Å²) in [5, 5.41) is 9.83. The van der Waals surface area contributed by atoms with Crippen LogP contribution in [0, 0.1) is 25.2 Å². The molecule has 4 aliphatic rings. The Balaban J connectivity index is 1.12. The van der Waals surface area contributed by atoms with Crippen LogP contribution < -0.4 is 0 Å². The fourth-order valence-electron chi connectivity index (χ4n) is 8.55. The van der Waals surface area contributed by atoms with Gasteiger partial charge in [-0.15, -0.1) is 0 Å². The molecule has 7 nitrogen and oxygen atoms in total. The summed E-state index contributed by atoms with van der Waals surface area (Å²) >= 11 is 0. The van der Waals surface area contributed by atoms with Gasteiger partial charge in [0.15, 0.2) is 0 Å². The number of carbonyl (C=O) groups is 2. The van der Waals surface area contributed by atoms with E-state index in [0.29, 0.717) is 49.8 Å². The number of hydrogen-bond acceptors (Lipinski definition) is 4. The lowest BCUT2D eigenvalue weighted by molar-refractivity contribution is -0.142. The number of rotatable bonds is 9. The normalized spacial score (nSPS) is 23.6. The Bertz CT molecular complexity index is 1290. The molecular weight excluding hydrogens is 548 g/mol. The van der Waals surface area contributed by atoms with Gasteiger partial charge in [-0.1, -0.05) is 31.0 Å². The quantitative estimate of drug-likeness (QED) is 0.389. The molecule has 7 heteroatoms. The van der Waals surface area contributed by atoms with E-state index in [9.17, 15) is 14.7 Å². The van der Waals surface area contributed by atoms with Crippen molar-refractivity contribution in [2.75, 3.05) is 32.7 Å². The van der Waals surface area contributed by atoms with Gasteiger partial charge in [-0.3, -0.25) is 9.59 Å². The topological polar surface area (TPSA) is 79.9 Å². The zero-order valence-corrected chi connectivity index (χ0v) is 27.5. The molecule has 2 N–H and O–H groups in total. The molecule has 2 amide bonds. The van der Waals surface area contributed by atoms with E-state index in [4.69, 9.17) is 0 Å². The number of carbonyl (C=O) groups excluding carboxylic acids is 2. The van der Waals surface area contributed by atoms with Crippen LogP contribution in [0.25, 0.3) is 11.3 Å². The van der Waals surface area contributed by atoms with Crippen molar-refractivity contribution in [1.29, 1.82) is 0 Å². The summed E-state index contributed by atoms with van der Waals surface area (Å²) in [5.74, 6) is 0.758. The van der Waals surface area contributed by atoms with Gasteiger partial charge in [0, 0.05) is 54.9 Å². The largest absolute Gasteiger partial charge is 0.393 e. The summed E-state index contributed by atoms with van der Waals surface area (Å²) in [5.41, 5.74) is 7.33. The predicted molar refractivity (Wildman–Crippen MR) is 175 cm³/mol. The SMILES string of the molecule is Cc1cc(C)cc(-c2[nH]cc(CCC(C)(C)C(=O)N3C4CCC3CC4)c2CCN2CCC(C(=O)N3CCC(O)CC3)CC2)c1. The van der Waals surface area contributed by atoms with Gasteiger partial charge in [0.05, 0.1) is 6.10 Å². The lowest BCUT2D eigenvalue weighted by Gasteiger charge is -2.36. The number of benzene rings is 1. The maximum Gasteiger partial charge on any atom is 0.228 e. The Labute approximate surface area is 264 Å². The first-order chi connectivity index (χ1) is 21.1. The van der Waals surface area contributed by atoms with Gasteiger partial charge in [-0.05, 0) is 126 Å². The lowest BCUT2D eigenvalue weighted by Crippen LogP contribution is -2.46. The minimum Gasteiger partial charge on any atom is -0.393 e. The van der Waals surface area contributed by atoms with Crippen LogP contribution in [0.5, 0.6) is 0 Å². The molecule has 0 saturated carbocycles. The molecule has 0 radical (unpaired) electrons. The second kappa shape index (κ2) is 13.0. The third-order valence-electron chi connectivity index (χ3n) is 11.3. The van der Waals surface area contributed by atoms with Crippen molar-refractivity contribution in [3.63, 3.8) is 0 Å². The van der Waals surface area contributed by atoms with Crippen LogP contribution in [0.1, 0.15) is 93.9 Å². The Kier molecular flexibility index (Phi) is 9.26. The maximum atomic E-state index is 13.7. The van der Waals surface area contributed by atoms with Crippen LogP contribution in [0.3, 0.4) is 0 Å². The molecule has 5 heterocycles. The molecule has 0 atom stereocenters. The highest BCUT2D eigenvalue weighted by molar-refractivity contribution is 5.83. The Hall–Kier alpha value is -2.64. The van der Waals surface area contributed by atoms with Gasteiger partial charge in [-0.25, -0.2) is 0 Å². The molecule has 1 aromatic carbocycles. The number of nitrogens with zero attached hydrogens (tertiary/aromatic N) is 3. The highest BCUT2D eigenvalue weighted by Crippen LogP contribution is 2.41. The molecule has 0 unspecified atom stereocenters. The fraction of sp³-hybridized carbons (Fsp3) is 0.676. The molecule has 6 rings (SSSR count). The van der Waals surface area contributed by atoms with Crippen molar-refractivity contribution in [1.82, 2.24) is 19.7 Å². The monoisotopic (exact) mass is 602 g/mol. The number of piperidine rings is 2. The van der Waals surface area contributed by atoms with E-state index < -0.39 is 0 Å². The number of fused-ring (bicyclic) bond motifs is 2. The van der Waals surface area contributed by atoms with Gasteiger partial charge < -0.3 is 24.8 Å². The molecule has 0 aliphatic carbocycles. The fourth-order valence-corrected chi connectivity index (χ4v) is 8.55. The van der Waals surface area contributed by atoms with Crippen LogP contribution >= 0.6 is 0 Å². The highest BCUT2D eigenvalue weighted by Gasteiger charge is 2.46. The lowest BCUT2D eigenvalue weighted by atomic mass is 9.83. The zero-order chi connectivity index (χ0) is 31.0. The number of likely N-dealkylation sites (tertiary alicyclic amines) is 2. The summed E-state index contributed by atoms with van der Waals surface area (Å²) in [4.78, 5) is 37.3. The Morgan fingerprint density at radius 3 is 2.09 bits per heavy atom. The van der Waals surface area contributed by atoms with E-state index in [0.717, 1.165) is 51.7 Å². The molecule has 2 bridgehead atoms. The highest BCUT2D eigenvalue weighted by atomic mass is 16.3. The number of aryl methyl sites for hydroxylation is 3. The smallest absolute Gasteiger partial charge is 0.228 e. The molecule has 1 aromatic heterocycles. The first-order valence-corrected chi connectivity index (χ1v) is 17.4. The van der Waals surface area contributed by atoms with Crippen LogP contribution in [0.15, 0.2) is 24.4 Å². The number of hydrogen-bond donors (Lipinski definition) is 2. The second-order valence-corrected chi connectivity index (χ2v) is 15.0. The van der Waals surface area contributed by atoms with Crippen molar-refractivity contribution >= 4 is 11.8 Å². The average Bonchev–Trinajstić information content (AvgIpc) is 3.73. The number of aliphatic hydroxyl groups excluding tert-OH is 1. The number of aliphatic hydroxyl groups is 1.